The molecular weight excluding hydrogens is 518 g/mol. The first-order valence-corrected chi connectivity index (χ1v) is 15.4. The molecule has 0 radical (unpaired) electrons. The monoisotopic (exact) mass is 553 g/mol. The second-order valence-electron chi connectivity index (χ2n) is 8.90. The molecular formula is C25H35N3O7S2. The minimum atomic E-state index is -3.73. The second kappa shape index (κ2) is 12.2. The van der Waals surface area contributed by atoms with Crippen molar-refractivity contribution in [1.82, 2.24) is 9.62 Å². The first-order valence-electron chi connectivity index (χ1n) is 12.1. The summed E-state index contributed by atoms with van der Waals surface area (Å²) in [6.07, 6.45) is 1.38. The molecule has 1 fully saturated rings. The number of aryl methyl sites for hydroxylation is 2. The molecule has 0 aromatic heterocycles. The highest BCUT2D eigenvalue weighted by Crippen LogP contribution is 2.27. The Kier molecular flexibility index (Phi) is 9.57. The minimum absolute atomic E-state index is 0.125. The van der Waals surface area contributed by atoms with Gasteiger partial charge in [-0.3, -0.25) is 9.10 Å². The predicted molar refractivity (Wildman–Crippen MR) is 142 cm³/mol. The zero-order valence-electron chi connectivity index (χ0n) is 21.6. The zero-order chi connectivity index (χ0) is 27.2. The lowest BCUT2D eigenvalue weighted by Crippen LogP contribution is -2.50. The Labute approximate surface area is 219 Å². The predicted octanol–water partition coefficient (Wildman–Crippen LogP) is 2.06. The van der Waals surface area contributed by atoms with Crippen LogP contribution in [-0.2, 0) is 29.6 Å². The molecule has 0 aliphatic carbocycles. The van der Waals surface area contributed by atoms with Crippen LogP contribution in [0.3, 0.4) is 0 Å². The molecule has 1 aliphatic heterocycles. The highest BCUT2D eigenvalue weighted by molar-refractivity contribution is 7.92. The van der Waals surface area contributed by atoms with Crippen LogP contribution in [0.25, 0.3) is 0 Å². The fraction of sp³-hybridized carbons (Fsp3) is 0.480. The third-order valence-corrected chi connectivity index (χ3v) is 9.11. The lowest BCUT2D eigenvalue weighted by molar-refractivity contribution is -0.122. The topological polar surface area (TPSA) is 122 Å². The number of ether oxygens (including phenoxy) is 2. The smallest absolute Gasteiger partial charge is 0.244 e. The summed E-state index contributed by atoms with van der Waals surface area (Å²) >= 11 is 0. The van der Waals surface area contributed by atoms with Gasteiger partial charge in [-0.2, -0.15) is 4.31 Å². The van der Waals surface area contributed by atoms with Crippen molar-refractivity contribution in [2.75, 3.05) is 50.0 Å². The van der Waals surface area contributed by atoms with Crippen LogP contribution >= 0.6 is 0 Å². The van der Waals surface area contributed by atoms with Crippen LogP contribution in [0.5, 0.6) is 5.75 Å². The third-order valence-electron chi connectivity index (χ3n) is 6.03. The molecule has 1 aliphatic rings. The molecule has 37 heavy (non-hydrogen) atoms. The van der Waals surface area contributed by atoms with Crippen molar-refractivity contribution >= 4 is 31.6 Å². The summed E-state index contributed by atoms with van der Waals surface area (Å²) < 4.78 is 64.3. The van der Waals surface area contributed by atoms with Gasteiger partial charge in [0.05, 0.1) is 36.6 Å². The van der Waals surface area contributed by atoms with Crippen molar-refractivity contribution in [3.8, 4) is 5.75 Å². The lowest BCUT2D eigenvalue weighted by atomic mass is 10.1. The number of anilines is 1. The van der Waals surface area contributed by atoms with Crippen LogP contribution < -0.4 is 14.4 Å². The number of sulfonamides is 2. The standard InChI is InChI=1S/C25H35N3O7S2/c1-5-23(28(36(4,30)31)24-18-19(2)6-7-20(24)3)25(29)26-12-15-35-21-8-10-22(11-9-21)37(32,33)27-13-16-34-17-14-27/h6-11,18,23H,5,12-17H2,1-4H3,(H,26,29)/t23-/m1/s1. The summed E-state index contributed by atoms with van der Waals surface area (Å²) in [5.74, 6) is 0.0275. The number of benzene rings is 2. The maximum atomic E-state index is 13.0. The summed E-state index contributed by atoms with van der Waals surface area (Å²) in [7, 11) is -7.32. The number of nitrogens with one attached hydrogen (secondary N) is 1. The quantitative estimate of drug-likeness (QED) is 0.423. The molecule has 3 rings (SSSR count). The Bertz CT molecular complexity index is 1290. The van der Waals surface area contributed by atoms with E-state index in [2.05, 4.69) is 5.32 Å². The molecule has 0 unspecified atom stereocenters. The fourth-order valence-electron chi connectivity index (χ4n) is 4.10. The van der Waals surface area contributed by atoms with Crippen LogP contribution in [0.4, 0.5) is 5.69 Å². The molecule has 1 N–H and O–H groups in total. The molecule has 10 nitrogen and oxygen atoms in total. The van der Waals surface area contributed by atoms with Crippen molar-refractivity contribution < 1.29 is 31.1 Å². The summed E-state index contributed by atoms with van der Waals surface area (Å²) in [4.78, 5) is 13.2. The van der Waals surface area contributed by atoms with Gasteiger partial charge in [0.1, 0.15) is 18.4 Å². The van der Waals surface area contributed by atoms with Gasteiger partial charge in [0.2, 0.25) is 26.0 Å². The van der Waals surface area contributed by atoms with E-state index < -0.39 is 32.0 Å². The Morgan fingerprint density at radius 2 is 1.73 bits per heavy atom. The van der Waals surface area contributed by atoms with E-state index >= 15 is 0 Å². The number of carbonyl (C=O) groups excluding carboxylic acids is 1. The van der Waals surface area contributed by atoms with Crippen molar-refractivity contribution in [3.63, 3.8) is 0 Å². The molecule has 0 saturated carbocycles. The fourth-order valence-corrected chi connectivity index (χ4v) is 6.77. The Balaban J connectivity index is 1.60. The molecule has 0 spiro atoms. The van der Waals surface area contributed by atoms with E-state index in [4.69, 9.17) is 9.47 Å². The summed E-state index contributed by atoms with van der Waals surface area (Å²) in [5.41, 5.74) is 2.12. The molecule has 2 aromatic carbocycles. The van der Waals surface area contributed by atoms with E-state index in [0.29, 0.717) is 37.7 Å². The van der Waals surface area contributed by atoms with Gasteiger partial charge in [-0.25, -0.2) is 16.8 Å². The van der Waals surface area contributed by atoms with E-state index in [9.17, 15) is 21.6 Å². The number of carbonyl (C=O) groups is 1. The molecule has 1 heterocycles. The van der Waals surface area contributed by atoms with E-state index in [0.717, 1.165) is 17.4 Å². The summed E-state index contributed by atoms with van der Waals surface area (Å²) in [6.45, 7) is 7.09. The number of morpholine rings is 1. The highest BCUT2D eigenvalue weighted by Gasteiger charge is 2.32. The van der Waals surface area contributed by atoms with E-state index in [-0.39, 0.29) is 24.5 Å². The largest absolute Gasteiger partial charge is 0.492 e. The molecule has 12 heteroatoms. The van der Waals surface area contributed by atoms with Gasteiger partial charge in [0.25, 0.3) is 0 Å². The van der Waals surface area contributed by atoms with Crippen molar-refractivity contribution in [2.24, 2.45) is 0 Å². The van der Waals surface area contributed by atoms with Crippen molar-refractivity contribution in [1.29, 1.82) is 0 Å². The van der Waals surface area contributed by atoms with Gasteiger partial charge in [0, 0.05) is 13.1 Å². The average molecular weight is 554 g/mol. The maximum absolute atomic E-state index is 13.0. The van der Waals surface area contributed by atoms with Crippen molar-refractivity contribution in [3.05, 3.63) is 53.6 Å². The molecule has 0 bridgehead atoms. The van der Waals surface area contributed by atoms with Crippen LogP contribution in [0.2, 0.25) is 0 Å². The molecule has 1 amide bonds. The van der Waals surface area contributed by atoms with Gasteiger partial charge in [-0.1, -0.05) is 19.1 Å². The lowest BCUT2D eigenvalue weighted by Gasteiger charge is -2.31. The first kappa shape index (κ1) is 28.9. The Morgan fingerprint density at radius 3 is 2.32 bits per heavy atom. The molecule has 1 atom stereocenters. The first-order chi connectivity index (χ1) is 17.4. The highest BCUT2D eigenvalue weighted by atomic mass is 32.2. The number of rotatable bonds is 11. The number of hydrogen-bond donors (Lipinski definition) is 1. The number of amides is 1. The Morgan fingerprint density at radius 1 is 1.08 bits per heavy atom. The minimum Gasteiger partial charge on any atom is -0.492 e. The second-order valence-corrected chi connectivity index (χ2v) is 12.7. The van der Waals surface area contributed by atoms with E-state index in [1.54, 1.807) is 25.1 Å². The average Bonchev–Trinajstić information content (AvgIpc) is 2.86. The SMILES string of the molecule is CC[C@H](C(=O)NCCOc1ccc(S(=O)(=O)N2CCOCC2)cc1)N(c1cc(C)ccc1C)S(C)(=O)=O. The van der Waals surface area contributed by atoms with Crippen LogP contribution in [0, 0.1) is 13.8 Å². The van der Waals surface area contributed by atoms with E-state index in [1.807, 2.05) is 26.0 Å². The number of nitrogens with zero attached hydrogens (tertiary/aromatic N) is 2. The normalized spacial score (nSPS) is 15.7. The van der Waals surface area contributed by atoms with Gasteiger partial charge in [0.15, 0.2) is 0 Å². The van der Waals surface area contributed by atoms with Crippen LogP contribution in [-0.4, -0.2) is 78.8 Å². The third kappa shape index (κ3) is 7.22. The van der Waals surface area contributed by atoms with Crippen molar-refractivity contribution in [2.45, 2.75) is 38.1 Å². The van der Waals surface area contributed by atoms with Gasteiger partial charge in [-0.15, -0.1) is 0 Å². The molecule has 2 aromatic rings. The van der Waals surface area contributed by atoms with Gasteiger partial charge >= 0.3 is 0 Å². The summed E-state index contributed by atoms with van der Waals surface area (Å²) in [6, 6.07) is 10.7. The summed E-state index contributed by atoms with van der Waals surface area (Å²) in [5, 5.41) is 2.75. The van der Waals surface area contributed by atoms with E-state index in [1.165, 1.54) is 20.7 Å². The molecule has 1 saturated heterocycles. The van der Waals surface area contributed by atoms with Gasteiger partial charge in [-0.05, 0) is 61.7 Å². The Hall–Kier alpha value is -2.67. The van der Waals surface area contributed by atoms with Crippen LogP contribution in [0.1, 0.15) is 24.5 Å². The van der Waals surface area contributed by atoms with Gasteiger partial charge < -0.3 is 14.8 Å². The van der Waals surface area contributed by atoms with Crippen LogP contribution in [0.15, 0.2) is 47.4 Å². The zero-order valence-corrected chi connectivity index (χ0v) is 23.3. The molecule has 204 valence electrons. The number of hydrogen-bond acceptors (Lipinski definition) is 7. The maximum Gasteiger partial charge on any atom is 0.244 e.